The smallest absolute Gasteiger partial charge is 0.241 e. The molecule has 0 aliphatic heterocycles. The van der Waals surface area contributed by atoms with Crippen LogP contribution in [-0.4, -0.2) is 23.3 Å². The van der Waals surface area contributed by atoms with E-state index in [-0.39, 0.29) is 10.4 Å². The molecule has 2 aromatic heterocycles. The van der Waals surface area contributed by atoms with Crippen molar-refractivity contribution in [2.24, 2.45) is 5.14 Å². The van der Waals surface area contributed by atoms with Crippen molar-refractivity contribution in [1.82, 2.24) is 9.71 Å². The van der Waals surface area contributed by atoms with Crippen molar-refractivity contribution in [3.8, 4) is 0 Å². The lowest BCUT2D eigenvalue weighted by atomic mass is 10.4. The first-order valence-corrected chi connectivity index (χ1v) is 5.23. The Bertz CT molecular complexity index is 587. The maximum Gasteiger partial charge on any atom is 0.241 e. The maximum absolute atomic E-state index is 11.1. The van der Waals surface area contributed by atoms with Gasteiger partial charge >= 0.3 is 0 Å². The van der Waals surface area contributed by atoms with Crippen LogP contribution in [0.4, 0.5) is 0 Å². The Labute approximate surface area is 79.6 Å². The highest BCUT2D eigenvalue weighted by atomic mass is 32.2. The average molecular weight is 213 g/mol. The van der Waals surface area contributed by atoms with Crippen LogP contribution in [0, 0.1) is 0 Å². The Balaban J connectivity index is 2.93. The topological polar surface area (TPSA) is 98.2 Å². The monoisotopic (exact) mass is 213 g/mol. The van der Waals surface area contributed by atoms with Gasteiger partial charge < -0.3 is 5.21 Å². The zero-order valence-electron chi connectivity index (χ0n) is 6.95. The molecule has 0 saturated heterocycles. The Hall–Kier alpha value is -1.60. The molecule has 0 fully saturated rings. The number of primary sulfonamides is 1. The van der Waals surface area contributed by atoms with Crippen molar-refractivity contribution in [1.29, 1.82) is 0 Å². The first-order chi connectivity index (χ1) is 6.50. The normalized spacial score (nSPS) is 12.1. The van der Waals surface area contributed by atoms with Crippen LogP contribution in [0.2, 0.25) is 0 Å². The summed E-state index contributed by atoms with van der Waals surface area (Å²) >= 11 is 0. The average Bonchev–Trinajstić information content (AvgIpc) is 2.44. The summed E-state index contributed by atoms with van der Waals surface area (Å²) in [5.41, 5.74) is 0.467. The number of sulfonamides is 1. The molecular formula is C7H7N3O3S. The van der Waals surface area contributed by atoms with Gasteiger partial charge in [-0.2, -0.15) is 4.73 Å². The summed E-state index contributed by atoms with van der Waals surface area (Å²) in [5, 5.41) is 14.3. The number of nitrogens with two attached hydrogens (primary N) is 1. The van der Waals surface area contributed by atoms with E-state index in [2.05, 4.69) is 4.98 Å². The predicted octanol–water partition coefficient (Wildman–Crippen LogP) is -0.0790. The predicted molar refractivity (Wildman–Crippen MR) is 48.3 cm³/mol. The molecule has 0 atom stereocenters. The number of pyridine rings is 1. The fourth-order valence-electron chi connectivity index (χ4n) is 1.22. The standard InChI is InChI=1S/C7H7N3O3S/c8-14(12,13)6-4-10(11)5-2-1-3-9-7(5)6/h1-4,11H,(H2,8,12,13). The van der Waals surface area contributed by atoms with E-state index < -0.39 is 10.0 Å². The van der Waals surface area contributed by atoms with Crippen LogP contribution in [0.25, 0.3) is 11.0 Å². The summed E-state index contributed by atoms with van der Waals surface area (Å²) in [6.07, 6.45) is 2.45. The molecule has 14 heavy (non-hydrogen) atoms. The van der Waals surface area contributed by atoms with Crippen molar-refractivity contribution in [2.45, 2.75) is 4.90 Å². The van der Waals surface area contributed by atoms with Crippen LogP contribution in [-0.2, 0) is 10.0 Å². The Kier molecular flexibility index (Phi) is 1.73. The SMILES string of the molecule is NS(=O)(=O)c1cn(O)c2cccnc12. The molecule has 74 valence electrons. The van der Waals surface area contributed by atoms with Gasteiger partial charge in [-0.05, 0) is 12.1 Å². The number of nitrogens with zero attached hydrogens (tertiary/aromatic N) is 2. The molecule has 0 amide bonds. The van der Waals surface area contributed by atoms with E-state index in [9.17, 15) is 13.6 Å². The van der Waals surface area contributed by atoms with E-state index in [0.29, 0.717) is 10.2 Å². The van der Waals surface area contributed by atoms with Crippen LogP contribution in [0.15, 0.2) is 29.4 Å². The molecule has 0 aromatic carbocycles. The van der Waals surface area contributed by atoms with E-state index in [1.165, 1.54) is 12.3 Å². The number of hydrogen-bond acceptors (Lipinski definition) is 4. The van der Waals surface area contributed by atoms with Crippen LogP contribution in [0.5, 0.6) is 0 Å². The van der Waals surface area contributed by atoms with E-state index in [4.69, 9.17) is 5.14 Å². The van der Waals surface area contributed by atoms with Gasteiger partial charge in [-0.3, -0.25) is 4.98 Å². The zero-order chi connectivity index (χ0) is 10.3. The van der Waals surface area contributed by atoms with Crippen LogP contribution < -0.4 is 5.14 Å². The Morgan fingerprint density at radius 3 is 2.86 bits per heavy atom. The highest BCUT2D eigenvalue weighted by Gasteiger charge is 2.17. The number of fused-ring (bicyclic) bond motifs is 1. The summed E-state index contributed by atoms with van der Waals surface area (Å²) in [6, 6.07) is 3.12. The minimum absolute atomic E-state index is 0.164. The van der Waals surface area contributed by atoms with Crippen molar-refractivity contribution < 1.29 is 13.6 Å². The fourth-order valence-corrected chi connectivity index (χ4v) is 1.90. The van der Waals surface area contributed by atoms with Crippen LogP contribution in [0.3, 0.4) is 0 Å². The summed E-state index contributed by atoms with van der Waals surface area (Å²) in [6.45, 7) is 0. The van der Waals surface area contributed by atoms with Gasteiger partial charge in [0.05, 0.1) is 6.20 Å². The second-order valence-electron chi connectivity index (χ2n) is 2.75. The van der Waals surface area contributed by atoms with Gasteiger partial charge in [-0.15, -0.1) is 0 Å². The molecule has 0 saturated carbocycles. The molecule has 0 aliphatic carbocycles. The third-order valence-electron chi connectivity index (χ3n) is 1.81. The van der Waals surface area contributed by atoms with Gasteiger partial charge in [-0.25, -0.2) is 13.6 Å². The van der Waals surface area contributed by atoms with Crippen molar-refractivity contribution >= 4 is 21.1 Å². The van der Waals surface area contributed by atoms with Gasteiger partial charge in [0.25, 0.3) is 0 Å². The quantitative estimate of drug-likeness (QED) is 0.647. The van der Waals surface area contributed by atoms with Gasteiger partial charge in [0.1, 0.15) is 15.9 Å². The second kappa shape index (κ2) is 2.69. The molecule has 0 unspecified atom stereocenters. The first-order valence-electron chi connectivity index (χ1n) is 3.68. The molecule has 7 heteroatoms. The maximum atomic E-state index is 11.1. The molecule has 6 nitrogen and oxygen atoms in total. The largest absolute Gasteiger partial charge is 0.428 e. The molecule has 2 rings (SSSR count). The van der Waals surface area contributed by atoms with E-state index in [0.717, 1.165) is 6.20 Å². The highest BCUT2D eigenvalue weighted by Crippen LogP contribution is 2.20. The minimum atomic E-state index is -3.85. The minimum Gasteiger partial charge on any atom is -0.428 e. The molecule has 0 spiro atoms. The summed E-state index contributed by atoms with van der Waals surface area (Å²) in [7, 11) is -3.85. The summed E-state index contributed by atoms with van der Waals surface area (Å²) in [5.74, 6) is 0. The van der Waals surface area contributed by atoms with E-state index in [1.807, 2.05) is 0 Å². The molecule has 3 N–H and O–H groups in total. The lowest BCUT2D eigenvalue weighted by Crippen LogP contribution is -2.11. The second-order valence-corrected chi connectivity index (χ2v) is 4.28. The molecule has 2 aromatic rings. The third-order valence-corrected chi connectivity index (χ3v) is 2.72. The van der Waals surface area contributed by atoms with Crippen molar-refractivity contribution in [3.05, 3.63) is 24.5 Å². The molecular weight excluding hydrogens is 206 g/mol. The van der Waals surface area contributed by atoms with Gasteiger partial charge in [0, 0.05) is 6.20 Å². The highest BCUT2D eigenvalue weighted by molar-refractivity contribution is 7.89. The fraction of sp³-hybridized carbons (Fsp3) is 0. The van der Waals surface area contributed by atoms with Crippen molar-refractivity contribution in [3.63, 3.8) is 0 Å². The third kappa shape index (κ3) is 1.22. The molecule has 0 aliphatic rings. The number of rotatable bonds is 1. The molecule has 0 bridgehead atoms. The van der Waals surface area contributed by atoms with E-state index in [1.54, 1.807) is 6.07 Å². The zero-order valence-corrected chi connectivity index (χ0v) is 7.77. The summed E-state index contributed by atoms with van der Waals surface area (Å²) < 4.78 is 22.8. The number of aromatic nitrogens is 2. The summed E-state index contributed by atoms with van der Waals surface area (Å²) in [4.78, 5) is 3.64. The van der Waals surface area contributed by atoms with Crippen LogP contribution in [0.1, 0.15) is 0 Å². The van der Waals surface area contributed by atoms with Gasteiger partial charge in [-0.1, -0.05) is 0 Å². The van der Waals surface area contributed by atoms with Crippen LogP contribution >= 0.6 is 0 Å². The molecule has 2 heterocycles. The Morgan fingerprint density at radius 1 is 1.50 bits per heavy atom. The first kappa shape index (κ1) is 8.97. The number of hydrogen-bond donors (Lipinski definition) is 2. The lowest BCUT2D eigenvalue weighted by molar-refractivity contribution is 0.198. The molecule has 0 radical (unpaired) electrons. The lowest BCUT2D eigenvalue weighted by Gasteiger charge is -1.92. The van der Waals surface area contributed by atoms with Crippen molar-refractivity contribution in [2.75, 3.05) is 0 Å². The van der Waals surface area contributed by atoms with E-state index >= 15 is 0 Å². The van der Waals surface area contributed by atoms with Gasteiger partial charge in [0.15, 0.2) is 0 Å². The Morgan fingerprint density at radius 2 is 2.21 bits per heavy atom. The van der Waals surface area contributed by atoms with Gasteiger partial charge in [0.2, 0.25) is 10.0 Å².